The maximum absolute atomic E-state index is 11.9. The fourth-order valence-electron chi connectivity index (χ4n) is 1.07. The molecule has 0 fully saturated rings. The average molecular weight is 313 g/mol. The zero-order valence-corrected chi connectivity index (χ0v) is 11.7. The highest BCUT2D eigenvalue weighted by atomic mass is 79.9. The lowest BCUT2D eigenvalue weighted by Crippen LogP contribution is -2.37. The summed E-state index contributed by atoms with van der Waals surface area (Å²) < 4.78 is 27.0. The Labute approximate surface area is 102 Å². The molecular weight excluding hydrogens is 300 g/mol. The molecule has 15 heavy (non-hydrogen) atoms. The van der Waals surface area contributed by atoms with Crippen LogP contribution < -0.4 is 10.5 Å². The fourth-order valence-corrected chi connectivity index (χ4v) is 4.74. The van der Waals surface area contributed by atoms with Gasteiger partial charge in [0.15, 0.2) is 0 Å². The van der Waals surface area contributed by atoms with E-state index in [0.29, 0.717) is 4.90 Å². The molecule has 0 bridgehead atoms. The average Bonchev–Trinajstić information content (AvgIpc) is 2.45. The molecule has 0 saturated carbocycles. The van der Waals surface area contributed by atoms with Crippen LogP contribution in [0.2, 0.25) is 0 Å². The number of nitrogens with one attached hydrogen (secondary N) is 1. The SMILES string of the molecule is Cc1sc(Br)cc1S(=O)(=O)NC(C)CN. The minimum Gasteiger partial charge on any atom is -0.329 e. The first-order chi connectivity index (χ1) is 6.86. The lowest BCUT2D eigenvalue weighted by Gasteiger charge is -2.11. The molecule has 86 valence electrons. The van der Waals surface area contributed by atoms with Gasteiger partial charge in [-0.25, -0.2) is 13.1 Å². The topological polar surface area (TPSA) is 72.2 Å². The van der Waals surface area contributed by atoms with Crippen LogP contribution in [0, 0.1) is 6.92 Å². The highest BCUT2D eigenvalue weighted by Gasteiger charge is 2.20. The minimum atomic E-state index is -3.43. The third kappa shape index (κ3) is 3.25. The Bertz CT molecular complexity index is 441. The summed E-state index contributed by atoms with van der Waals surface area (Å²) >= 11 is 4.66. The van der Waals surface area contributed by atoms with E-state index in [-0.39, 0.29) is 12.6 Å². The zero-order valence-electron chi connectivity index (χ0n) is 8.45. The number of nitrogens with two attached hydrogens (primary N) is 1. The summed E-state index contributed by atoms with van der Waals surface area (Å²) in [5, 5.41) is 0. The fraction of sp³-hybridized carbons (Fsp3) is 0.500. The number of sulfonamides is 1. The van der Waals surface area contributed by atoms with Crippen molar-refractivity contribution in [3.05, 3.63) is 14.7 Å². The van der Waals surface area contributed by atoms with Crippen LogP contribution in [-0.4, -0.2) is 21.0 Å². The number of halogens is 1. The smallest absolute Gasteiger partial charge is 0.241 e. The standard InChI is InChI=1S/C8H13BrN2O2S2/c1-5(4-10)11-15(12,13)7-3-8(9)14-6(7)2/h3,5,11H,4,10H2,1-2H3. The van der Waals surface area contributed by atoms with E-state index in [9.17, 15) is 8.42 Å². The summed E-state index contributed by atoms with van der Waals surface area (Å²) in [6.07, 6.45) is 0. The Morgan fingerprint density at radius 2 is 2.27 bits per heavy atom. The van der Waals surface area contributed by atoms with Crippen LogP contribution in [0.3, 0.4) is 0 Å². The summed E-state index contributed by atoms with van der Waals surface area (Å²) in [7, 11) is -3.43. The van der Waals surface area contributed by atoms with E-state index in [1.54, 1.807) is 19.9 Å². The maximum atomic E-state index is 11.9. The van der Waals surface area contributed by atoms with Gasteiger partial charge in [0.1, 0.15) is 0 Å². The molecule has 1 unspecified atom stereocenters. The predicted octanol–water partition coefficient (Wildman–Crippen LogP) is 1.44. The molecule has 0 radical (unpaired) electrons. The van der Waals surface area contributed by atoms with Gasteiger partial charge in [-0.15, -0.1) is 11.3 Å². The molecule has 0 aliphatic heterocycles. The second-order valence-electron chi connectivity index (χ2n) is 3.23. The highest BCUT2D eigenvalue weighted by Crippen LogP contribution is 2.29. The van der Waals surface area contributed by atoms with Gasteiger partial charge in [0.05, 0.1) is 8.68 Å². The summed E-state index contributed by atoms with van der Waals surface area (Å²) in [5.41, 5.74) is 5.37. The van der Waals surface area contributed by atoms with Gasteiger partial charge in [-0.2, -0.15) is 0 Å². The van der Waals surface area contributed by atoms with Crippen molar-refractivity contribution in [3.63, 3.8) is 0 Å². The molecule has 0 aliphatic carbocycles. The number of rotatable bonds is 4. The van der Waals surface area contributed by atoms with Crippen molar-refractivity contribution in [2.24, 2.45) is 5.73 Å². The van der Waals surface area contributed by atoms with E-state index in [1.807, 2.05) is 0 Å². The molecule has 1 heterocycles. The van der Waals surface area contributed by atoms with Gasteiger partial charge in [-0.1, -0.05) is 0 Å². The van der Waals surface area contributed by atoms with Gasteiger partial charge in [-0.3, -0.25) is 0 Å². The molecule has 1 rings (SSSR count). The van der Waals surface area contributed by atoms with Crippen LogP contribution in [-0.2, 0) is 10.0 Å². The summed E-state index contributed by atoms with van der Waals surface area (Å²) in [6, 6.07) is 1.35. The molecule has 1 aromatic heterocycles. The first-order valence-electron chi connectivity index (χ1n) is 4.35. The summed E-state index contributed by atoms with van der Waals surface area (Å²) in [6.45, 7) is 3.79. The molecule has 0 aliphatic rings. The Kier molecular flexibility index (Phi) is 4.30. The Morgan fingerprint density at radius 3 is 2.67 bits per heavy atom. The quantitative estimate of drug-likeness (QED) is 0.883. The van der Waals surface area contributed by atoms with Crippen molar-refractivity contribution >= 4 is 37.3 Å². The van der Waals surface area contributed by atoms with Gasteiger partial charge in [-0.05, 0) is 35.8 Å². The number of thiophene rings is 1. The molecule has 4 nitrogen and oxygen atoms in total. The second-order valence-corrected chi connectivity index (χ2v) is 7.55. The van der Waals surface area contributed by atoms with Crippen LogP contribution in [0.5, 0.6) is 0 Å². The Balaban J connectivity index is 3.01. The minimum absolute atomic E-state index is 0.256. The van der Waals surface area contributed by atoms with E-state index in [0.717, 1.165) is 8.66 Å². The van der Waals surface area contributed by atoms with E-state index in [1.165, 1.54) is 11.3 Å². The lowest BCUT2D eigenvalue weighted by molar-refractivity contribution is 0.562. The van der Waals surface area contributed by atoms with Crippen molar-refractivity contribution in [1.82, 2.24) is 4.72 Å². The Morgan fingerprint density at radius 1 is 1.67 bits per heavy atom. The second kappa shape index (κ2) is 4.92. The summed E-state index contributed by atoms with van der Waals surface area (Å²) in [4.78, 5) is 1.08. The third-order valence-electron chi connectivity index (χ3n) is 1.84. The molecule has 7 heteroatoms. The molecule has 1 atom stereocenters. The maximum Gasteiger partial charge on any atom is 0.241 e. The van der Waals surface area contributed by atoms with Gasteiger partial charge >= 0.3 is 0 Å². The van der Waals surface area contributed by atoms with Gasteiger partial charge in [0.2, 0.25) is 10.0 Å². The molecule has 1 aromatic rings. The largest absolute Gasteiger partial charge is 0.329 e. The van der Waals surface area contributed by atoms with Gasteiger partial charge in [0.25, 0.3) is 0 Å². The highest BCUT2D eigenvalue weighted by molar-refractivity contribution is 9.11. The first-order valence-corrected chi connectivity index (χ1v) is 7.44. The van der Waals surface area contributed by atoms with Crippen molar-refractivity contribution in [3.8, 4) is 0 Å². The first kappa shape index (κ1) is 13.1. The van der Waals surface area contributed by atoms with Crippen molar-refractivity contribution in [1.29, 1.82) is 0 Å². The van der Waals surface area contributed by atoms with Crippen LogP contribution in [0.1, 0.15) is 11.8 Å². The lowest BCUT2D eigenvalue weighted by atomic mass is 10.4. The molecule has 0 amide bonds. The van der Waals surface area contributed by atoms with Crippen molar-refractivity contribution < 1.29 is 8.42 Å². The number of hydrogen-bond acceptors (Lipinski definition) is 4. The molecular formula is C8H13BrN2O2S2. The Hall–Kier alpha value is 0.0500. The number of hydrogen-bond donors (Lipinski definition) is 2. The van der Waals surface area contributed by atoms with E-state index in [2.05, 4.69) is 20.7 Å². The molecule has 0 saturated heterocycles. The van der Waals surface area contributed by atoms with Crippen molar-refractivity contribution in [2.75, 3.05) is 6.54 Å². The molecule has 0 spiro atoms. The number of aryl methyl sites for hydroxylation is 1. The van der Waals surface area contributed by atoms with Gasteiger partial charge < -0.3 is 5.73 Å². The normalized spacial score (nSPS) is 14.1. The van der Waals surface area contributed by atoms with Crippen molar-refractivity contribution in [2.45, 2.75) is 24.8 Å². The van der Waals surface area contributed by atoms with E-state index in [4.69, 9.17) is 5.73 Å². The van der Waals surface area contributed by atoms with Crippen LogP contribution >= 0.6 is 27.3 Å². The summed E-state index contributed by atoms with van der Waals surface area (Å²) in [5.74, 6) is 0. The van der Waals surface area contributed by atoms with Crippen LogP contribution in [0.4, 0.5) is 0 Å². The predicted molar refractivity (Wildman–Crippen MR) is 65.6 cm³/mol. The molecule has 3 N–H and O–H groups in total. The van der Waals surface area contributed by atoms with E-state index >= 15 is 0 Å². The van der Waals surface area contributed by atoms with Gasteiger partial charge in [0, 0.05) is 17.5 Å². The zero-order chi connectivity index (χ0) is 11.6. The monoisotopic (exact) mass is 312 g/mol. The third-order valence-corrected chi connectivity index (χ3v) is 5.24. The van der Waals surface area contributed by atoms with Crippen LogP contribution in [0.25, 0.3) is 0 Å². The van der Waals surface area contributed by atoms with Crippen LogP contribution in [0.15, 0.2) is 14.7 Å². The van der Waals surface area contributed by atoms with E-state index < -0.39 is 10.0 Å². The molecule has 0 aromatic carbocycles.